The van der Waals surface area contributed by atoms with Gasteiger partial charge in [0.2, 0.25) is 0 Å². The summed E-state index contributed by atoms with van der Waals surface area (Å²) in [6.07, 6.45) is 1.79. The Morgan fingerprint density at radius 1 is 1.19 bits per heavy atom. The number of hydrogen-bond donors (Lipinski definition) is 0. The number of thiophene rings is 1. The maximum absolute atomic E-state index is 13.3. The summed E-state index contributed by atoms with van der Waals surface area (Å²) in [5, 5.41) is 13.9. The summed E-state index contributed by atoms with van der Waals surface area (Å²) < 4.78 is 1.75. The average molecular weight is 373 g/mol. The number of aromatic nitrogens is 2. The molecular weight excluding hydrogens is 354 g/mol. The normalized spacial score (nSPS) is 11.1. The Bertz CT molecular complexity index is 1230. The van der Waals surface area contributed by atoms with Gasteiger partial charge in [-0.1, -0.05) is 43.3 Å². The van der Waals surface area contributed by atoms with Crippen LogP contribution in [0.1, 0.15) is 25.6 Å². The smallest absolute Gasteiger partial charge is 0.262 e. The molecule has 0 radical (unpaired) electrons. The molecule has 0 aliphatic carbocycles. The van der Waals surface area contributed by atoms with E-state index in [9.17, 15) is 4.79 Å². The number of benzene rings is 2. The van der Waals surface area contributed by atoms with Crippen LogP contribution in [0.15, 0.2) is 52.6 Å². The van der Waals surface area contributed by atoms with Crippen LogP contribution in [0.2, 0.25) is 0 Å². The average Bonchev–Trinajstić information content (AvgIpc) is 3.13. The van der Waals surface area contributed by atoms with Crippen molar-refractivity contribution in [2.75, 3.05) is 0 Å². The van der Waals surface area contributed by atoms with E-state index in [4.69, 9.17) is 10.2 Å². The quantitative estimate of drug-likeness (QED) is 0.455. The van der Waals surface area contributed by atoms with Gasteiger partial charge in [0, 0.05) is 30.3 Å². The summed E-state index contributed by atoms with van der Waals surface area (Å²) in [6.45, 7) is 2.54. The monoisotopic (exact) mass is 373 g/mol. The molecule has 0 fully saturated rings. The molecule has 0 unspecified atom stereocenters. The zero-order valence-electron chi connectivity index (χ0n) is 15.1. The van der Waals surface area contributed by atoms with Gasteiger partial charge in [-0.3, -0.25) is 9.36 Å². The van der Waals surface area contributed by atoms with Crippen LogP contribution in [0, 0.1) is 11.3 Å². The van der Waals surface area contributed by atoms with E-state index in [-0.39, 0.29) is 5.56 Å². The molecule has 0 saturated heterocycles. The van der Waals surface area contributed by atoms with Crippen molar-refractivity contribution < 1.29 is 0 Å². The Morgan fingerprint density at radius 2 is 2.00 bits per heavy atom. The molecule has 2 aromatic heterocycles. The molecule has 134 valence electrons. The number of rotatable bonds is 5. The molecule has 4 aromatic rings. The summed E-state index contributed by atoms with van der Waals surface area (Å²) in [4.78, 5) is 18.8. The second-order valence-corrected chi connectivity index (χ2v) is 7.35. The lowest BCUT2D eigenvalue weighted by Crippen LogP contribution is -2.25. The van der Waals surface area contributed by atoms with Crippen molar-refractivity contribution in [3.8, 4) is 17.2 Å². The Labute approximate surface area is 161 Å². The van der Waals surface area contributed by atoms with Crippen LogP contribution in [0.3, 0.4) is 0 Å². The number of hydrogen-bond acceptors (Lipinski definition) is 4. The van der Waals surface area contributed by atoms with Gasteiger partial charge >= 0.3 is 0 Å². The molecule has 0 amide bonds. The van der Waals surface area contributed by atoms with E-state index in [1.165, 1.54) is 16.7 Å². The molecule has 0 spiro atoms. The largest absolute Gasteiger partial charge is 0.296 e. The van der Waals surface area contributed by atoms with Crippen LogP contribution in [-0.4, -0.2) is 9.55 Å². The molecule has 5 heteroatoms. The summed E-state index contributed by atoms with van der Waals surface area (Å²) in [5.41, 5.74) is 1.97. The van der Waals surface area contributed by atoms with Gasteiger partial charge in [-0.05, 0) is 28.8 Å². The third kappa shape index (κ3) is 3.13. The van der Waals surface area contributed by atoms with Crippen molar-refractivity contribution in [2.24, 2.45) is 0 Å². The third-order valence-corrected chi connectivity index (χ3v) is 5.69. The first-order valence-corrected chi connectivity index (χ1v) is 9.98. The minimum Gasteiger partial charge on any atom is -0.296 e. The molecule has 0 aliphatic rings. The highest BCUT2D eigenvalue weighted by molar-refractivity contribution is 7.17. The van der Waals surface area contributed by atoms with Crippen molar-refractivity contribution in [1.29, 1.82) is 5.26 Å². The minimum absolute atomic E-state index is 0.000742. The van der Waals surface area contributed by atoms with Gasteiger partial charge in [-0.25, -0.2) is 4.98 Å². The van der Waals surface area contributed by atoms with Gasteiger partial charge in [0.05, 0.1) is 11.5 Å². The van der Waals surface area contributed by atoms with Crippen LogP contribution in [0.5, 0.6) is 0 Å². The highest BCUT2D eigenvalue weighted by atomic mass is 32.1. The van der Waals surface area contributed by atoms with E-state index >= 15 is 0 Å². The molecule has 4 rings (SSSR count). The maximum atomic E-state index is 13.3. The first kappa shape index (κ1) is 17.4. The molecule has 27 heavy (non-hydrogen) atoms. The molecule has 0 bridgehead atoms. The Kier molecular flexibility index (Phi) is 4.74. The minimum atomic E-state index is -0.000742. The molecule has 0 saturated carbocycles. The zero-order chi connectivity index (χ0) is 18.8. The van der Waals surface area contributed by atoms with Crippen molar-refractivity contribution in [3.63, 3.8) is 0 Å². The highest BCUT2D eigenvalue weighted by Gasteiger charge is 2.16. The van der Waals surface area contributed by atoms with E-state index < -0.39 is 0 Å². The van der Waals surface area contributed by atoms with E-state index in [1.54, 1.807) is 4.57 Å². The van der Waals surface area contributed by atoms with Gasteiger partial charge < -0.3 is 0 Å². The van der Waals surface area contributed by atoms with Gasteiger partial charge in [0.15, 0.2) is 0 Å². The van der Waals surface area contributed by atoms with Crippen LogP contribution in [0.25, 0.3) is 32.1 Å². The second kappa shape index (κ2) is 7.34. The zero-order valence-corrected chi connectivity index (χ0v) is 15.9. The number of unbranched alkanes of at least 4 members (excludes halogenated alkanes) is 1. The molecular formula is C22H19N3OS. The molecule has 0 atom stereocenters. The van der Waals surface area contributed by atoms with Crippen LogP contribution in [-0.2, 0) is 13.0 Å². The SMILES string of the molecule is CCc1nc2scc(-c3ccc4ccccc4c3)c2c(=O)n1CCCC#N. The lowest BCUT2D eigenvalue weighted by Gasteiger charge is -2.11. The number of nitriles is 1. The van der Waals surface area contributed by atoms with Crippen molar-refractivity contribution in [2.45, 2.75) is 32.7 Å². The third-order valence-electron chi connectivity index (χ3n) is 4.82. The lowest BCUT2D eigenvalue weighted by molar-refractivity contribution is 0.594. The molecule has 2 heterocycles. The fraction of sp³-hybridized carbons (Fsp3) is 0.227. The van der Waals surface area contributed by atoms with Gasteiger partial charge in [0.25, 0.3) is 5.56 Å². The first-order valence-electron chi connectivity index (χ1n) is 9.10. The predicted octanol–water partition coefficient (Wildman–Crippen LogP) is 5.14. The Morgan fingerprint density at radius 3 is 2.78 bits per heavy atom. The van der Waals surface area contributed by atoms with Gasteiger partial charge in [-0.15, -0.1) is 11.3 Å². The van der Waals surface area contributed by atoms with Crippen molar-refractivity contribution >= 4 is 32.3 Å². The standard InChI is InChI=1S/C22H19N3OS/c1-2-19-24-21-20(22(26)25(19)12-6-5-11-23)18(14-27-21)17-10-9-15-7-3-4-8-16(15)13-17/h3-4,7-10,13-14H,2,5-6,12H2,1H3. The predicted molar refractivity (Wildman–Crippen MR) is 111 cm³/mol. The Balaban J connectivity index is 1.89. The molecule has 0 N–H and O–H groups in total. The summed E-state index contributed by atoms with van der Waals surface area (Å²) in [7, 11) is 0. The lowest BCUT2D eigenvalue weighted by atomic mass is 10.0. The number of aryl methyl sites for hydroxylation is 1. The highest BCUT2D eigenvalue weighted by Crippen LogP contribution is 2.32. The second-order valence-electron chi connectivity index (χ2n) is 6.49. The van der Waals surface area contributed by atoms with Gasteiger partial charge in [-0.2, -0.15) is 5.26 Å². The molecule has 0 aliphatic heterocycles. The molecule has 2 aromatic carbocycles. The van der Waals surface area contributed by atoms with Crippen LogP contribution < -0.4 is 5.56 Å². The summed E-state index contributed by atoms with van der Waals surface area (Å²) in [5.74, 6) is 0.789. The van der Waals surface area contributed by atoms with Gasteiger partial charge in [0.1, 0.15) is 10.7 Å². The fourth-order valence-electron chi connectivity index (χ4n) is 3.45. The van der Waals surface area contributed by atoms with Crippen molar-refractivity contribution in [3.05, 3.63) is 64.0 Å². The number of fused-ring (bicyclic) bond motifs is 2. The van der Waals surface area contributed by atoms with E-state index in [2.05, 4.69) is 36.4 Å². The summed E-state index contributed by atoms with van der Waals surface area (Å²) in [6, 6.07) is 16.7. The first-order chi connectivity index (χ1) is 13.2. The molecule has 4 nitrogen and oxygen atoms in total. The fourth-order valence-corrected chi connectivity index (χ4v) is 4.41. The van der Waals surface area contributed by atoms with Crippen molar-refractivity contribution in [1.82, 2.24) is 9.55 Å². The van der Waals surface area contributed by atoms with E-state index in [0.29, 0.717) is 31.2 Å². The van der Waals surface area contributed by atoms with Crippen LogP contribution >= 0.6 is 11.3 Å². The van der Waals surface area contributed by atoms with E-state index in [0.717, 1.165) is 27.2 Å². The van der Waals surface area contributed by atoms with Crippen LogP contribution in [0.4, 0.5) is 0 Å². The maximum Gasteiger partial charge on any atom is 0.262 e. The Hall–Kier alpha value is -2.97. The topological polar surface area (TPSA) is 58.7 Å². The summed E-state index contributed by atoms with van der Waals surface area (Å²) >= 11 is 1.52. The number of nitrogens with zero attached hydrogens (tertiary/aromatic N) is 3. The van der Waals surface area contributed by atoms with E-state index in [1.807, 2.05) is 24.4 Å².